The molecule has 4 rings (SSSR count). The maximum atomic E-state index is 2.32. The summed E-state index contributed by atoms with van der Waals surface area (Å²) < 4.78 is 4.64. The van der Waals surface area contributed by atoms with E-state index in [2.05, 4.69) is 169 Å². The van der Waals surface area contributed by atoms with Crippen molar-refractivity contribution >= 4 is 35.7 Å². The zero-order valence-electron chi connectivity index (χ0n) is 28.8. The maximum Gasteiger partial charge on any atom is 0.169 e. The molecule has 0 aliphatic carbocycles. The first-order valence-corrected chi connectivity index (χ1v) is 17.4. The third-order valence-electron chi connectivity index (χ3n) is 8.67. The van der Waals surface area contributed by atoms with Crippen LogP contribution in [0.25, 0.3) is 24.3 Å². The molecule has 0 bridgehead atoms. The lowest BCUT2D eigenvalue weighted by molar-refractivity contribution is -0.697. The van der Waals surface area contributed by atoms with Gasteiger partial charge in [0.25, 0.3) is 0 Å². The van der Waals surface area contributed by atoms with E-state index in [0.717, 1.165) is 13.1 Å². The number of hydrogen-bond acceptors (Lipinski definition) is 2. The van der Waals surface area contributed by atoms with Crippen molar-refractivity contribution < 1.29 is 9.13 Å². The topological polar surface area (TPSA) is 14.2 Å². The molecular weight excluding hydrogens is 560 g/mol. The van der Waals surface area contributed by atoms with Crippen molar-refractivity contribution in [3.63, 3.8) is 0 Å². The normalized spacial score (nSPS) is 11.5. The number of benzene rings is 2. The summed E-state index contributed by atoms with van der Waals surface area (Å²) in [7, 11) is 8.28. The molecule has 0 saturated heterocycles. The summed E-state index contributed by atoms with van der Waals surface area (Å²) in [5, 5.41) is 0. The van der Waals surface area contributed by atoms with Gasteiger partial charge in [-0.1, -0.05) is 87.1 Å². The monoisotopic (exact) mass is 616 g/mol. The first-order chi connectivity index (χ1) is 22.5. The van der Waals surface area contributed by atoms with Crippen LogP contribution in [0, 0.1) is 0 Å². The first-order valence-electron chi connectivity index (χ1n) is 17.4. The van der Waals surface area contributed by atoms with Crippen molar-refractivity contribution in [3.05, 3.63) is 120 Å². The van der Waals surface area contributed by atoms with Crippen molar-refractivity contribution in [1.82, 2.24) is 0 Å². The Morgan fingerprint density at radius 2 is 0.630 bits per heavy atom. The summed E-state index contributed by atoms with van der Waals surface area (Å²) in [5.41, 5.74) is 7.39. The minimum Gasteiger partial charge on any atom is -0.378 e. The predicted molar refractivity (Wildman–Crippen MR) is 199 cm³/mol. The number of pyridine rings is 2. The van der Waals surface area contributed by atoms with E-state index in [9.17, 15) is 0 Å². The molecule has 0 radical (unpaired) electrons. The van der Waals surface area contributed by atoms with Crippen LogP contribution >= 0.6 is 0 Å². The molecule has 2 heterocycles. The Morgan fingerprint density at radius 1 is 0.370 bits per heavy atom. The van der Waals surface area contributed by atoms with Gasteiger partial charge in [0, 0.05) is 76.7 Å². The minimum atomic E-state index is 1.11. The van der Waals surface area contributed by atoms with Gasteiger partial charge in [-0.3, -0.25) is 0 Å². The van der Waals surface area contributed by atoms with Crippen molar-refractivity contribution in [2.75, 3.05) is 38.0 Å². The average molecular weight is 617 g/mol. The van der Waals surface area contributed by atoms with Crippen LogP contribution < -0.4 is 18.9 Å². The Labute approximate surface area is 279 Å². The summed E-state index contributed by atoms with van der Waals surface area (Å²) >= 11 is 0. The number of aryl methyl sites for hydroxylation is 2. The third-order valence-corrected chi connectivity index (χ3v) is 8.67. The predicted octanol–water partition coefficient (Wildman–Crippen LogP) is 9.34. The molecular formula is C42H56N4+2. The van der Waals surface area contributed by atoms with E-state index < -0.39 is 0 Å². The highest BCUT2D eigenvalue weighted by Gasteiger charge is 2.03. The van der Waals surface area contributed by atoms with Crippen molar-refractivity contribution in [2.24, 2.45) is 0 Å². The van der Waals surface area contributed by atoms with Gasteiger partial charge in [0.2, 0.25) is 0 Å². The van der Waals surface area contributed by atoms with Gasteiger partial charge in [-0.15, -0.1) is 0 Å². The van der Waals surface area contributed by atoms with Crippen LogP contribution in [0.15, 0.2) is 97.6 Å². The zero-order valence-corrected chi connectivity index (χ0v) is 28.8. The fraction of sp³-hybridized carbons (Fsp3) is 0.381. The second-order valence-electron chi connectivity index (χ2n) is 12.9. The van der Waals surface area contributed by atoms with E-state index in [-0.39, 0.29) is 0 Å². The van der Waals surface area contributed by atoms with Gasteiger partial charge >= 0.3 is 0 Å². The van der Waals surface area contributed by atoms with Crippen LogP contribution in [0.1, 0.15) is 86.5 Å². The van der Waals surface area contributed by atoms with E-state index in [1.54, 1.807) is 0 Å². The van der Waals surface area contributed by atoms with E-state index in [1.165, 1.54) is 97.8 Å². The molecule has 0 aliphatic heterocycles. The molecule has 4 heteroatoms. The van der Waals surface area contributed by atoms with Gasteiger partial charge < -0.3 is 9.80 Å². The van der Waals surface area contributed by atoms with Gasteiger partial charge in [-0.05, 0) is 59.4 Å². The SMILES string of the molecule is CN(C)c1ccc(/C=C/c2cc[n+](CCCCCCCCCCCC[n+]3ccc(/C=C/c4ccc(N(C)C)cc4)cc3)cc2)cc1. The van der Waals surface area contributed by atoms with E-state index in [0.29, 0.717) is 0 Å². The molecule has 0 atom stereocenters. The van der Waals surface area contributed by atoms with E-state index >= 15 is 0 Å². The lowest BCUT2D eigenvalue weighted by Crippen LogP contribution is -2.32. The van der Waals surface area contributed by atoms with Crippen LogP contribution in [0.4, 0.5) is 11.4 Å². The highest BCUT2D eigenvalue weighted by Crippen LogP contribution is 2.16. The number of unbranched alkanes of at least 4 members (excludes halogenated alkanes) is 9. The Hall–Kier alpha value is -4.18. The average Bonchev–Trinajstić information content (AvgIpc) is 3.08. The Bertz CT molecular complexity index is 1330. The summed E-state index contributed by atoms with van der Waals surface area (Å²) in [6, 6.07) is 26.2. The maximum absolute atomic E-state index is 2.32. The largest absolute Gasteiger partial charge is 0.378 e. The summed E-state index contributed by atoms with van der Waals surface area (Å²) in [6.07, 6.45) is 31.0. The fourth-order valence-electron chi connectivity index (χ4n) is 5.61. The van der Waals surface area contributed by atoms with Crippen LogP contribution in [0.3, 0.4) is 0 Å². The lowest BCUT2D eigenvalue weighted by atomic mass is 10.1. The molecule has 4 nitrogen and oxygen atoms in total. The quantitative estimate of drug-likeness (QED) is 0.0770. The molecule has 242 valence electrons. The number of hydrogen-bond donors (Lipinski definition) is 0. The van der Waals surface area contributed by atoms with E-state index in [4.69, 9.17) is 0 Å². The molecule has 0 aliphatic rings. The highest BCUT2D eigenvalue weighted by molar-refractivity contribution is 5.71. The Kier molecular flexibility index (Phi) is 14.6. The number of aromatic nitrogens is 2. The van der Waals surface area contributed by atoms with Crippen LogP contribution in [-0.4, -0.2) is 28.2 Å². The molecule has 0 amide bonds. The molecule has 0 unspecified atom stereocenters. The zero-order chi connectivity index (χ0) is 32.4. The number of anilines is 2. The molecule has 0 N–H and O–H groups in total. The molecule has 0 fully saturated rings. The van der Waals surface area contributed by atoms with Crippen molar-refractivity contribution in [3.8, 4) is 0 Å². The second-order valence-corrected chi connectivity index (χ2v) is 12.9. The third kappa shape index (κ3) is 12.7. The van der Waals surface area contributed by atoms with Gasteiger partial charge in [0.05, 0.1) is 0 Å². The molecule has 4 aromatic rings. The molecule has 0 saturated carbocycles. The summed E-state index contributed by atoms with van der Waals surface area (Å²) in [5.74, 6) is 0. The summed E-state index contributed by atoms with van der Waals surface area (Å²) in [4.78, 5) is 4.25. The van der Waals surface area contributed by atoms with Crippen LogP contribution in [-0.2, 0) is 13.1 Å². The van der Waals surface area contributed by atoms with E-state index in [1.807, 2.05) is 0 Å². The van der Waals surface area contributed by atoms with Gasteiger partial charge in [0.15, 0.2) is 24.8 Å². The fourth-order valence-corrected chi connectivity index (χ4v) is 5.61. The van der Waals surface area contributed by atoms with Crippen LogP contribution in [0.5, 0.6) is 0 Å². The standard InChI is InChI=1S/C42H56N4/c1-43(2)41-23-19-37(20-24-41)15-17-39-27-33-45(34-28-39)31-13-11-9-7-5-6-8-10-12-14-32-46-35-29-40(30-36-46)18-16-38-21-25-42(26-22-38)44(3)4/h15-30,33-36H,5-14,31-32H2,1-4H3/q+2. The van der Waals surface area contributed by atoms with Crippen LogP contribution in [0.2, 0.25) is 0 Å². The first kappa shape index (κ1) is 34.7. The van der Waals surface area contributed by atoms with Crippen molar-refractivity contribution in [2.45, 2.75) is 77.3 Å². The molecule has 2 aromatic heterocycles. The van der Waals surface area contributed by atoms with Gasteiger partial charge in [-0.25, -0.2) is 9.13 Å². The smallest absolute Gasteiger partial charge is 0.169 e. The van der Waals surface area contributed by atoms with Gasteiger partial charge in [0.1, 0.15) is 13.1 Å². The number of rotatable bonds is 19. The lowest BCUT2D eigenvalue weighted by Gasteiger charge is -2.11. The molecule has 2 aromatic carbocycles. The molecule has 0 spiro atoms. The van der Waals surface area contributed by atoms with Crippen molar-refractivity contribution in [1.29, 1.82) is 0 Å². The summed E-state index contributed by atoms with van der Waals surface area (Å²) in [6.45, 7) is 2.22. The Balaban J connectivity index is 0.979. The minimum absolute atomic E-state index is 1.11. The Morgan fingerprint density at radius 3 is 0.913 bits per heavy atom. The van der Waals surface area contributed by atoms with Gasteiger partial charge in [-0.2, -0.15) is 0 Å². The highest BCUT2D eigenvalue weighted by atomic mass is 15.1. The second kappa shape index (κ2) is 19.4. The molecule has 46 heavy (non-hydrogen) atoms. The number of nitrogens with zero attached hydrogens (tertiary/aromatic N) is 4.